The smallest absolute Gasteiger partial charge is 0.123 e. The molecule has 0 aliphatic heterocycles. The van der Waals surface area contributed by atoms with Gasteiger partial charge in [-0.25, -0.2) is 4.39 Å². The Kier molecular flexibility index (Phi) is 6.20. The highest BCUT2D eigenvalue weighted by molar-refractivity contribution is 5.20. The van der Waals surface area contributed by atoms with Crippen LogP contribution in [0.15, 0.2) is 24.3 Å². The average Bonchev–Trinajstić information content (AvgIpc) is 2.28. The first-order valence-electron chi connectivity index (χ1n) is 6.59. The Balaban J connectivity index is 2.64. The third-order valence-electron chi connectivity index (χ3n) is 2.91. The summed E-state index contributed by atoms with van der Waals surface area (Å²) >= 11 is 0. The first kappa shape index (κ1) is 14.2. The van der Waals surface area contributed by atoms with Gasteiger partial charge in [0.15, 0.2) is 0 Å². The predicted octanol–water partition coefficient (Wildman–Crippen LogP) is 3.96. The molecule has 1 aromatic rings. The van der Waals surface area contributed by atoms with Crippen molar-refractivity contribution < 1.29 is 4.39 Å². The second-order valence-electron chi connectivity index (χ2n) is 5.08. The largest absolute Gasteiger partial charge is 0.316 e. The fraction of sp³-hybridized carbons (Fsp3) is 0.600. The molecule has 1 N–H and O–H groups in total. The maximum Gasteiger partial charge on any atom is 0.123 e. The van der Waals surface area contributed by atoms with Gasteiger partial charge in [0.2, 0.25) is 0 Å². The fourth-order valence-electron chi connectivity index (χ4n) is 2.09. The molecule has 0 radical (unpaired) electrons. The van der Waals surface area contributed by atoms with Crippen LogP contribution >= 0.6 is 0 Å². The Morgan fingerprint density at radius 1 is 1.18 bits per heavy atom. The van der Waals surface area contributed by atoms with E-state index < -0.39 is 0 Å². The summed E-state index contributed by atoms with van der Waals surface area (Å²) in [5.74, 6) is 0.995. The standard InChI is InChI=1S/C15H24FN/c1-4-9-17-11-14(10-12(2)3)13-5-7-15(16)8-6-13/h5-8,12,14,17H,4,9-11H2,1-3H3. The first-order chi connectivity index (χ1) is 8.13. The van der Waals surface area contributed by atoms with E-state index in [-0.39, 0.29) is 5.82 Å². The molecular weight excluding hydrogens is 213 g/mol. The monoisotopic (exact) mass is 237 g/mol. The first-order valence-corrected chi connectivity index (χ1v) is 6.59. The molecule has 1 unspecified atom stereocenters. The molecule has 0 saturated heterocycles. The topological polar surface area (TPSA) is 12.0 Å². The number of halogens is 1. The second kappa shape index (κ2) is 7.44. The molecule has 0 aliphatic carbocycles. The SMILES string of the molecule is CCCNCC(CC(C)C)c1ccc(F)cc1. The summed E-state index contributed by atoms with van der Waals surface area (Å²) in [5, 5.41) is 3.46. The molecule has 1 nitrogen and oxygen atoms in total. The average molecular weight is 237 g/mol. The highest BCUT2D eigenvalue weighted by atomic mass is 19.1. The van der Waals surface area contributed by atoms with Crippen LogP contribution in [0.25, 0.3) is 0 Å². The minimum absolute atomic E-state index is 0.154. The molecule has 96 valence electrons. The van der Waals surface area contributed by atoms with Gasteiger partial charge in [0.05, 0.1) is 0 Å². The van der Waals surface area contributed by atoms with Crippen LogP contribution in [0.1, 0.15) is 45.1 Å². The Labute approximate surface area is 104 Å². The van der Waals surface area contributed by atoms with E-state index in [1.54, 1.807) is 12.1 Å². The van der Waals surface area contributed by atoms with Crippen molar-refractivity contribution in [1.82, 2.24) is 5.32 Å². The zero-order valence-corrected chi connectivity index (χ0v) is 11.2. The maximum absolute atomic E-state index is 12.9. The lowest BCUT2D eigenvalue weighted by Crippen LogP contribution is -2.23. The fourth-order valence-corrected chi connectivity index (χ4v) is 2.09. The molecule has 0 spiro atoms. The van der Waals surface area contributed by atoms with E-state index in [1.807, 2.05) is 12.1 Å². The summed E-state index contributed by atoms with van der Waals surface area (Å²) in [6, 6.07) is 6.94. The van der Waals surface area contributed by atoms with E-state index in [4.69, 9.17) is 0 Å². The van der Waals surface area contributed by atoms with Gasteiger partial charge in [0.1, 0.15) is 5.82 Å². The lowest BCUT2D eigenvalue weighted by molar-refractivity contribution is 0.470. The van der Waals surface area contributed by atoms with E-state index in [0.29, 0.717) is 11.8 Å². The lowest BCUT2D eigenvalue weighted by Gasteiger charge is -2.20. The zero-order valence-electron chi connectivity index (χ0n) is 11.2. The Hall–Kier alpha value is -0.890. The van der Waals surface area contributed by atoms with E-state index in [0.717, 1.165) is 25.9 Å². The van der Waals surface area contributed by atoms with Crippen LogP contribution in [0.5, 0.6) is 0 Å². The number of nitrogens with one attached hydrogen (secondary N) is 1. The van der Waals surface area contributed by atoms with Gasteiger partial charge in [-0.05, 0) is 48.9 Å². The van der Waals surface area contributed by atoms with Crippen molar-refractivity contribution in [3.8, 4) is 0 Å². The van der Waals surface area contributed by atoms with E-state index in [1.165, 1.54) is 5.56 Å². The number of benzene rings is 1. The van der Waals surface area contributed by atoms with Gasteiger partial charge in [-0.3, -0.25) is 0 Å². The van der Waals surface area contributed by atoms with E-state index in [2.05, 4.69) is 26.1 Å². The van der Waals surface area contributed by atoms with Gasteiger partial charge in [0, 0.05) is 6.54 Å². The Bertz CT molecular complexity index is 305. The highest BCUT2D eigenvalue weighted by Gasteiger charge is 2.13. The normalized spacial score (nSPS) is 13.0. The third-order valence-corrected chi connectivity index (χ3v) is 2.91. The second-order valence-corrected chi connectivity index (χ2v) is 5.08. The summed E-state index contributed by atoms with van der Waals surface area (Å²) in [5.41, 5.74) is 1.24. The van der Waals surface area contributed by atoms with Gasteiger partial charge in [0.25, 0.3) is 0 Å². The lowest BCUT2D eigenvalue weighted by atomic mass is 9.90. The van der Waals surface area contributed by atoms with Gasteiger partial charge in [-0.15, -0.1) is 0 Å². The van der Waals surface area contributed by atoms with Crippen molar-refractivity contribution in [3.63, 3.8) is 0 Å². The van der Waals surface area contributed by atoms with Crippen LogP contribution in [-0.2, 0) is 0 Å². The van der Waals surface area contributed by atoms with Crippen LogP contribution < -0.4 is 5.32 Å². The maximum atomic E-state index is 12.9. The molecule has 0 amide bonds. The molecule has 1 atom stereocenters. The molecule has 0 fully saturated rings. The van der Waals surface area contributed by atoms with Crippen LogP contribution in [0, 0.1) is 11.7 Å². The van der Waals surface area contributed by atoms with Crippen LogP contribution in [0.3, 0.4) is 0 Å². The number of rotatable bonds is 7. The Morgan fingerprint density at radius 3 is 2.35 bits per heavy atom. The number of hydrogen-bond donors (Lipinski definition) is 1. The molecule has 0 bridgehead atoms. The van der Waals surface area contributed by atoms with Crippen LogP contribution in [-0.4, -0.2) is 13.1 Å². The van der Waals surface area contributed by atoms with Crippen molar-refractivity contribution in [2.24, 2.45) is 5.92 Å². The molecule has 2 heteroatoms. The van der Waals surface area contributed by atoms with Gasteiger partial charge in [-0.1, -0.05) is 32.9 Å². The molecular formula is C15H24FN. The summed E-state index contributed by atoms with van der Waals surface area (Å²) in [6.45, 7) is 8.67. The minimum atomic E-state index is -0.154. The van der Waals surface area contributed by atoms with Crippen LogP contribution in [0.2, 0.25) is 0 Å². The summed E-state index contributed by atoms with van der Waals surface area (Å²) < 4.78 is 12.9. The minimum Gasteiger partial charge on any atom is -0.316 e. The molecule has 0 aromatic heterocycles. The van der Waals surface area contributed by atoms with Gasteiger partial charge < -0.3 is 5.32 Å². The molecule has 1 rings (SSSR count). The van der Waals surface area contributed by atoms with Gasteiger partial charge >= 0.3 is 0 Å². The molecule has 0 saturated carbocycles. The highest BCUT2D eigenvalue weighted by Crippen LogP contribution is 2.23. The number of hydrogen-bond acceptors (Lipinski definition) is 1. The molecule has 17 heavy (non-hydrogen) atoms. The van der Waals surface area contributed by atoms with Gasteiger partial charge in [-0.2, -0.15) is 0 Å². The molecule has 0 heterocycles. The van der Waals surface area contributed by atoms with Crippen molar-refractivity contribution >= 4 is 0 Å². The van der Waals surface area contributed by atoms with Crippen molar-refractivity contribution in [3.05, 3.63) is 35.6 Å². The molecule has 0 aliphatic rings. The quantitative estimate of drug-likeness (QED) is 0.708. The van der Waals surface area contributed by atoms with E-state index in [9.17, 15) is 4.39 Å². The van der Waals surface area contributed by atoms with E-state index >= 15 is 0 Å². The summed E-state index contributed by atoms with van der Waals surface area (Å²) in [7, 11) is 0. The van der Waals surface area contributed by atoms with Crippen LogP contribution in [0.4, 0.5) is 4.39 Å². The third kappa shape index (κ3) is 5.31. The molecule has 1 aromatic carbocycles. The van der Waals surface area contributed by atoms with Crippen molar-refractivity contribution in [1.29, 1.82) is 0 Å². The zero-order chi connectivity index (χ0) is 12.7. The summed E-state index contributed by atoms with van der Waals surface area (Å²) in [4.78, 5) is 0. The summed E-state index contributed by atoms with van der Waals surface area (Å²) in [6.07, 6.45) is 2.29. The van der Waals surface area contributed by atoms with Crippen molar-refractivity contribution in [2.45, 2.75) is 39.5 Å². The van der Waals surface area contributed by atoms with Crippen molar-refractivity contribution in [2.75, 3.05) is 13.1 Å². The predicted molar refractivity (Wildman–Crippen MR) is 71.8 cm³/mol. The Morgan fingerprint density at radius 2 is 1.82 bits per heavy atom.